The molecule has 3 nitrogen and oxygen atoms in total. The molecule has 2 fully saturated rings. The Bertz CT molecular complexity index is 288. The number of amides is 1. The summed E-state index contributed by atoms with van der Waals surface area (Å²) in [5.74, 6) is 0.768. The summed E-state index contributed by atoms with van der Waals surface area (Å²) < 4.78 is 0. The topological polar surface area (TPSA) is 46.3 Å². The molecule has 4 heteroatoms. The van der Waals surface area contributed by atoms with Crippen LogP contribution in [0.1, 0.15) is 65.2 Å². The van der Waals surface area contributed by atoms with E-state index in [1.165, 1.54) is 19.3 Å². The van der Waals surface area contributed by atoms with Crippen molar-refractivity contribution in [2.24, 2.45) is 11.7 Å². The summed E-state index contributed by atoms with van der Waals surface area (Å²) in [6.45, 7) is 4.38. The molecule has 0 aromatic carbocycles. The molecular formula is C15H29ClN2O. The number of hydrogen-bond acceptors (Lipinski definition) is 2. The molecule has 1 amide bonds. The third-order valence-electron chi connectivity index (χ3n) is 4.89. The SMILES string of the molecule is CC1CCCC(C)N1C(=O)CC1CCCCC1N.Cl. The lowest BCUT2D eigenvalue weighted by Crippen LogP contribution is -2.49. The third-order valence-corrected chi connectivity index (χ3v) is 4.89. The zero-order valence-corrected chi connectivity index (χ0v) is 13.1. The smallest absolute Gasteiger partial charge is 0.223 e. The van der Waals surface area contributed by atoms with Gasteiger partial charge in [0.1, 0.15) is 0 Å². The average Bonchev–Trinajstić information content (AvgIpc) is 2.32. The Morgan fingerprint density at radius 3 is 2.21 bits per heavy atom. The second-order valence-electron chi connectivity index (χ2n) is 6.34. The van der Waals surface area contributed by atoms with Gasteiger partial charge in [-0.25, -0.2) is 0 Å². The summed E-state index contributed by atoms with van der Waals surface area (Å²) >= 11 is 0. The van der Waals surface area contributed by atoms with E-state index < -0.39 is 0 Å². The van der Waals surface area contributed by atoms with Gasteiger partial charge in [0.05, 0.1) is 0 Å². The summed E-state index contributed by atoms with van der Waals surface area (Å²) in [7, 11) is 0. The molecule has 2 N–H and O–H groups in total. The Hall–Kier alpha value is -0.280. The van der Waals surface area contributed by atoms with Crippen LogP contribution in [0, 0.1) is 5.92 Å². The van der Waals surface area contributed by atoms with Crippen molar-refractivity contribution >= 4 is 18.3 Å². The van der Waals surface area contributed by atoms with Crippen LogP contribution in [0.3, 0.4) is 0 Å². The van der Waals surface area contributed by atoms with Crippen LogP contribution >= 0.6 is 12.4 Å². The van der Waals surface area contributed by atoms with Crippen molar-refractivity contribution in [3.05, 3.63) is 0 Å². The van der Waals surface area contributed by atoms with Crippen LogP contribution in [-0.2, 0) is 4.79 Å². The van der Waals surface area contributed by atoms with E-state index in [-0.39, 0.29) is 18.4 Å². The van der Waals surface area contributed by atoms with Crippen molar-refractivity contribution in [2.75, 3.05) is 0 Å². The maximum absolute atomic E-state index is 12.5. The van der Waals surface area contributed by atoms with E-state index in [1.54, 1.807) is 0 Å². The lowest BCUT2D eigenvalue weighted by molar-refractivity contribution is -0.138. The first-order chi connectivity index (χ1) is 8.59. The van der Waals surface area contributed by atoms with E-state index in [0.717, 1.165) is 25.7 Å². The van der Waals surface area contributed by atoms with Crippen LogP contribution in [-0.4, -0.2) is 28.9 Å². The molecule has 4 unspecified atom stereocenters. The molecule has 1 heterocycles. The predicted molar refractivity (Wildman–Crippen MR) is 81.4 cm³/mol. The molecule has 1 aliphatic heterocycles. The molecular weight excluding hydrogens is 260 g/mol. The number of piperidine rings is 1. The zero-order chi connectivity index (χ0) is 13.1. The normalized spacial score (nSPS) is 35.6. The van der Waals surface area contributed by atoms with E-state index in [9.17, 15) is 4.79 Å². The van der Waals surface area contributed by atoms with E-state index in [4.69, 9.17) is 5.73 Å². The lowest BCUT2D eigenvalue weighted by Gasteiger charge is -2.40. The molecule has 1 aliphatic carbocycles. The first-order valence-corrected chi connectivity index (χ1v) is 7.66. The van der Waals surface area contributed by atoms with Crippen LogP contribution in [0.5, 0.6) is 0 Å². The number of rotatable bonds is 2. The average molecular weight is 289 g/mol. The highest BCUT2D eigenvalue weighted by Crippen LogP contribution is 2.29. The van der Waals surface area contributed by atoms with E-state index >= 15 is 0 Å². The molecule has 2 rings (SSSR count). The monoisotopic (exact) mass is 288 g/mol. The number of likely N-dealkylation sites (tertiary alicyclic amines) is 1. The standard InChI is InChI=1S/C15H28N2O.ClH/c1-11-6-5-7-12(2)17(11)15(18)10-13-8-3-4-9-14(13)16;/h11-14H,3-10,16H2,1-2H3;1H. The summed E-state index contributed by atoms with van der Waals surface area (Å²) in [5.41, 5.74) is 6.16. The van der Waals surface area contributed by atoms with Gasteiger partial charge in [0.15, 0.2) is 0 Å². The lowest BCUT2D eigenvalue weighted by atomic mass is 9.82. The van der Waals surface area contributed by atoms with Gasteiger partial charge in [0.25, 0.3) is 0 Å². The van der Waals surface area contributed by atoms with Gasteiger partial charge >= 0.3 is 0 Å². The molecule has 0 aromatic rings. The fraction of sp³-hybridized carbons (Fsp3) is 0.933. The largest absolute Gasteiger partial charge is 0.337 e. The van der Waals surface area contributed by atoms with Gasteiger partial charge in [-0.3, -0.25) is 4.79 Å². The van der Waals surface area contributed by atoms with Crippen LogP contribution in [0.15, 0.2) is 0 Å². The van der Waals surface area contributed by atoms with Crippen molar-refractivity contribution in [1.82, 2.24) is 4.90 Å². The highest BCUT2D eigenvalue weighted by atomic mass is 35.5. The first-order valence-electron chi connectivity index (χ1n) is 7.66. The van der Waals surface area contributed by atoms with E-state index in [1.807, 2.05) is 0 Å². The van der Waals surface area contributed by atoms with Gasteiger partial charge in [0, 0.05) is 24.5 Å². The van der Waals surface area contributed by atoms with Crippen LogP contribution < -0.4 is 5.73 Å². The molecule has 19 heavy (non-hydrogen) atoms. The predicted octanol–water partition coefficient (Wildman–Crippen LogP) is 3.11. The number of nitrogens with zero attached hydrogens (tertiary/aromatic N) is 1. The van der Waals surface area contributed by atoms with Gasteiger partial charge in [-0.2, -0.15) is 0 Å². The van der Waals surface area contributed by atoms with Crippen molar-refractivity contribution in [3.8, 4) is 0 Å². The first kappa shape index (κ1) is 16.8. The highest BCUT2D eigenvalue weighted by molar-refractivity contribution is 5.85. The van der Waals surface area contributed by atoms with Crippen LogP contribution in [0.25, 0.3) is 0 Å². The summed E-state index contributed by atoms with van der Waals surface area (Å²) in [6, 6.07) is 1.08. The summed E-state index contributed by atoms with van der Waals surface area (Å²) in [5, 5.41) is 0. The van der Waals surface area contributed by atoms with Gasteiger partial charge in [-0.15, -0.1) is 12.4 Å². The number of carbonyl (C=O) groups excluding carboxylic acids is 1. The molecule has 0 spiro atoms. The number of nitrogens with two attached hydrogens (primary N) is 1. The number of carbonyl (C=O) groups is 1. The van der Waals surface area contributed by atoms with Crippen molar-refractivity contribution < 1.29 is 4.79 Å². The van der Waals surface area contributed by atoms with Crippen LogP contribution in [0.2, 0.25) is 0 Å². The van der Waals surface area contributed by atoms with Crippen molar-refractivity contribution in [2.45, 2.75) is 83.3 Å². The second kappa shape index (κ2) is 7.49. The Labute approximate surface area is 123 Å². The van der Waals surface area contributed by atoms with Gasteiger partial charge in [-0.05, 0) is 51.9 Å². The minimum Gasteiger partial charge on any atom is -0.337 e. The maximum atomic E-state index is 12.5. The Morgan fingerprint density at radius 2 is 1.63 bits per heavy atom. The van der Waals surface area contributed by atoms with Crippen molar-refractivity contribution in [1.29, 1.82) is 0 Å². The Kier molecular flexibility index (Phi) is 6.61. The fourth-order valence-electron chi connectivity index (χ4n) is 3.73. The molecule has 112 valence electrons. The molecule has 1 saturated heterocycles. The molecule has 2 aliphatic rings. The zero-order valence-electron chi connectivity index (χ0n) is 12.3. The van der Waals surface area contributed by atoms with E-state index in [2.05, 4.69) is 18.7 Å². The number of hydrogen-bond donors (Lipinski definition) is 1. The Balaban J connectivity index is 0.00000180. The minimum absolute atomic E-state index is 0. The minimum atomic E-state index is 0. The molecule has 0 bridgehead atoms. The molecule has 4 atom stereocenters. The number of halogens is 1. The van der Waals surface area contributed by atoms with Crippen LogP contribution in [0.4, 0.5) is 0 Å². The fourth-order valence-corrected chi connectivity index (χ4v) is 3.73. The molecule has 0 aromatic heterocycles. The van der Waals surface area contributed by atoms with E-state index in [0.29, 0.717) is 30.3 Å². The summed E-state index contributed by atoms with van der Waals surface area (Å²) in [6.07, 6.45) is 8.98. The van der Waals surface area contributed by atoms with Gasteiger partial charge < -0.3 is 10.6 Å². The quantitative estimate of drug-likeness (QED) is 0.849. The molecule has 1 saturated carbocycles. The second-order valence-corrected chi connectivity index (χ2v) is 6.34. The third kappa shape index (κ3) is 4.09. The van der Waals surface area contributed by atoms with Crippen molar-refractivity contribution in [3.63, 3.8) is 0 Å². The molecule has 0 radical (unpaired) electrons. The van der Waals surface area contributed by atoms with Gasteiger partial charge in [-0.1, -0.05) is 12.8 Å². The summed E-state index contributed by atoms with van der Waals surface area (Å²) in [4.78, 5) is 14.6. The highest BCUT2D eigenvalue weighted by Gasteiger charge is 2.32. The maximum Gasteiger partial charge on any atom is 0.223 e. The van der Waals surface area contributed by atoms with Gasteiger partial charge in [0.2, 0.25) is 5.91 Å². The Morgan fingerprint density at radius 1 is 1.05 bits per heavy atom.